The van der Waals surface area contributed by atoms with Crippen molar-refractivity contribution in [3.8, 4) is 0 Å². The number of urea groups is 1. The molecule has 1 aromatic heterocycles. The van der Waals surface area contributed by atoms with Crippen LogP contribution in [0.4, 0.5) is 4.79 Å². The Morgan fingerprint density at radius 1 is 1.67 bits per heavy atom. The fourth-order valence-electron chi connectivity index (χ4n) is 2.22. The van der Waals surface area contributed by atoms with E-state index in [1.807, 2.05) is 6.08 Å². The number of aromatic nitrogens is 1. The molecule has 3 rings (SSSR count). The number of hydroxylamine groups is 2. The molecule has 94 valence electrons. The lowest BCUT2D eigenvalue weighted by Gasteiger charge is -2.20. The summed E-state index contributed by atoms with van der Waals surface area (Å²) in [6.45, 7) is 5.07. The van der Waals surface area contributed by atoms with Gasteiger partial charge in [0.1, 0.15) is 0 Å². The van der Waals surface area contributed by atoms with Gasteiger partial charge in [0, 0.05) is 12.1 Å². The summed E-state index contributed by atoms with van der Waals surface area (Å²) >= 11 is 0. The normalized spacial score (nSPS) is 22.3. The maximum Gasteiger partial charge on any atom is 0.344 e. The molecule has 3 heterocycles. The summed E-state index contributed by atoms with van der Waals surface area (Å²) < 4.78 is 5.26. The Kier molecular flexibility index (Phi) is 2.64. The largest absolute Gasteiger partial charge is 0.444 e. The van der Waals surface area contributed by atoms with Gasteiger partial charge in [-0.25, -0.2) is 9.78 Å². The highest BCUT2D eigenvalue weighted by molar-refractivity contribution is 5.82. The van der Waals surface area contributed by atoms with Crippen molar-refractivity contribution in [1.29, 1.82) is 0 Å². The van der Waals surface area contributed by atoms with Crippen LogP contribution in [0.5, 0.6) is 0 Å². The molecule has 1 unspecified atom stereocenters. The first-order valence-electron chi connectivity index (χ1n) is 5.71. The second-order valence-electron chi connectivity index (χ2n) is 4.20. The van der Waals surface area contributed by atoms with Crippen LogP contribution < -0.4 is 0 Å². The molecule has 18 heavy (non-hydrogen) atoms. The molecule has 0 saturated carbocycles. The van der Waals surface area contributed by atoms with Gasteiger partial charge in [0.15, 0.2) is 12.2 Å². The minimum atomic E-state index is -0.118. The van der Waals surface area contributed by atoms with E-state index in [0.717, 1.165) is 5.57 Å². The molecule has 2 aliphatic rings. The van der Waals surface area contributed by atoms with Gasteiger partial charge in [0.2, 0.25) is 0 Å². The number of hydrogen-bond acceptors (Lipinski definition) is 4. The lowest BCUT2D eigenvalue weighted by molar-refractivity contribution is -0.107. The van der Waals surface area contributed by atoms with E-state index in [0.29, 0.717) is 25.5 Å². The van der Waals surface area contributed by atoms with Gasteiger partial charge in [0.05, 0.1) is 25.4 Å². The smallest absolute Gasteiger partial charge is 0.344 e. The zero-order chi connectivity index (χ0) is 12.5. The van der Waals surface area contributed by atoms with Crippen molar-refractivity contribution in [2.75, 3.05) is 19.7 Å². The number of amides is 2. The zero-order valence-corrected chi connectivity index (χ0v) is 9.78. The average molecular weight is 247 g/mol. The molecule has 1 saturated heterocycles. The Morgan fingerprint density at radius 2 is 2.56 bits per heavy atom. The Bertz CT molecular complexity index is 495. The third-order valence-corrected chi connectivity index (χ3v) is 3.00. The molecule has 0 aromatic carbocycles. The first-order chi connectivity index (χ1) is 8.79. The van der Waals surface area contributed by atoms with Crippen LogP contribution in [-0.2, 0) is 4.84 Å². The van der Waals surface area contributed by atoms with Crippen LogP contribution in [-0.4, -0.2) is 46.7 Å². The number of oxazole rings is 1. The van der Waals surface area contributed by atoms with Gasteiger partial charge in [-0.3, -0.25) is 4.84 Å². The summed E-state index contributed by atoms with van der Waals surface area (Å²) in [6.07, 6.45) is 6.64. The fraction of sp³-hybridized carbons (Fsp3) is 0.333. The number of fused-ring (bicyclic) bond motifs is 2. The maximum atomic E-state index is 12.0. The molecule has 1 aromatic rings. The standard InChI is InChI=1S/C12H13N3O3/c1-2-3-18-15-10-4-9(11-5-13-8-17-11)6-14(7-10)12(15)16/h2,4-5,8,10H,1,3,6-7H2. The highest BCUT2D eigenvalue weighted by Gasteiger charge is 2.41. The van der Waals surface area contributed by atoms with Gasteiger partial charge in [-0.2, -0.15) is 5.06 Å². The lowest BCUT2D eigenvalue weighted by Crippen LogP contribution is -2.33. The van der Waals surface area contributed by atoms with Gasteiger partial charge in [0.25, 0.3) is 0 Å². The third-order valence-electron chi connectivity index (χ3n) is 3.00. The molecule has 0 spiro atoms. The van der Waals surface area contributed by atoms with E-state index >= 15 is 0 Å². The van der Waals surface area contributed by atoms with E-state index in [2.05, 4.69) is 11.6 Å². The Hall–Kier alpha value is -2.08. The SMILES string of the molecule is C=CCON1C(=O)N2CC(c3cnco3)=CC1C2. The van der Waals surface area contributed by atoms with Crippen LogP contribution in [0, 0.1) is 0 Å². The molecule has 0 radical (unpaired) electrons. The molecular weight excluding hydrogens is 234 g/mol. The maximum absolute atomic E-state index is 12.0. The van der Waals surface area contributed by atoms with Crippen LogP contribution in [0.2, 0.25) is 0 Å². The van der Waals surface area contributed by atoms with Gasteiger partial charge >= 0.3 is 6.03 Å². The molecule has 2 bridgehead atoms. The summed E-state index contributed by atoms with van der Waals surface area (Å²) in [6, 6.07) is -0.195. The summed E-state index contributed by atoms with van der Waals surface area (Å²) in [5, 5.41) is 1.39. The first-order valence-corrected chi connectivity index (χ1v) is 5.71. The van der Waals surface area contributed by atoms with Crippen LogP contribution >= 0.6 is 0 Å². The van der Waals surface area contributed by atoms with Crippen molar-refractivity contribution in [2.45, 2.75) is 6.04 Å². The molecule has 6 heteroatoms. The molecule has 1 fully saturated rings. The summed E-state index contributed by atoms with van der Waals surface area (Å²) in [4.78, 5) is 23.0. The van der Waals surface area contributed by atoms with E-state index in [1.54, 1.807) is 17.2 Å². The van der Waals surface area contributed by atoms with E-state index < -0.39 is 0 Å². The number of hydrogen-bond donors (Lipinski definition) is 0. The summed E-state index contributed by atoms with van der Waals surface area (Å²) in [5.74, 6) is 0.697. The van der Waals surface area contributed by atoms with Crippen molar-refractivity contribution in [2.24, 2.45) is 0 Å². The Labute approximate surface area is 104 Å². The Morgan fingerprint density at radius 3 is 3.28 bits per heavy atom. The Balaban J connectivity index is 1.83. The van der Waals surface area contributed by atoms with Crippen molar-refractivity contribution in [3.63, 3.8) is 0 Å². The van der Waals surface area contributed by atoms with E-state index in [4.69, 9.17) is 9.25 Å². The van der Waals surface area contributed by atoms with E-state index in [9.17, 15) is 4.79 Å². The van der Waals surface area contributed by atoms with E-state index in [-0.39, 0.29) is 12.1 Å². The van der Waals surface area contributed by atoms with Crippen molar-refractivity contribution in [3.05, 3.63) is 37.1 Å². The lowest BCUT2D eigenvalue weighted by atomic mass is 10.1. The molecular formula is C12H13N3O3. The highest BCUT2D eigenvalue weighted by atomic mass is 16.7. The number of rotatable bonds is 4. The average Bonchev–Trinajstić information content (AvgIpc) is 2.98. The van der Waals surface area contributed by atoms with Crippen molar-refractivity contribution >= 4 is 11.6 Å². The predicted octanol–water partition coefficient (Wildman–Crippen LogP) is 1.30. The van der Waals surface area contributed by atoms with Crippen LogP contribution in [0.3, 0.4) is 0 Å². The minimum absolute atomic E-state index is 0.0775. The van der Waals surface area contributed by atoms with Crippen LogP contribution in [0.1, 0.15) is 5.76 Å². The zero-order valence-electron chi connectivity index (χ0n) is 9.78. The second kappa shape index (κ2) is 4.30. The fourth-order valence-corrected chi connectivity index (χ4v) is 2.22. The van der Waals surface area contributed by atoms with Gasteiger partial charge < -0.3 is 9.32 Å². The molecule has 2 aliphatic heterocycles. The van der Waals surface area contributed by atoms with E-state index in [1.165, 1.54) is 11.5 Å². The monoisotopic (exact) mass is 247 g/mol. The topological polar surface area (TPSA) is 58.8 Å². The minimum Gasteiger partial charge on any atom is -0.444 e. The number of carbonyl (C=O) groups is 1. The molecule has 1 atom stereocenters. The summed E-state index contributed by atoms with van der Waals surface area (Å²) in [5.41, 5.74) is 0.960. The molecule has 0 N–H and O–H groups in total. The third kappa shape index (κ3) is 1.70. The molecule has 2 amide bonds. The van der Waals surface area contributed by atoms with Crippen molar-refractivity contribution < 1.29 is 14.0 Å². The second-order valence-corrected chi connectivity index (χ2v) is 4.20. The first kappa shape index (κ1) is 11.0. The van der Waals surface area contributed by atoms with Gasteiger partial charge in [-0.1, -0.05) is 6.08 Å². The van der Waals surface area contributed by atoms with Gasteiger partial charge in [-0.05, 0) is 6.08 Å². The predicted molar refractivity (Wildman–Crippen MR) is 63.2 cm³/mol. The quantitative estimate of drug-likeness (QED) is 0.752. The summed E-state index contributed by atoms with van der Waals surface area (Å²) in [7, 11) is 0. The molecule has 6 nitrogen and oxygen atoms in total. The number of carbonyl (C=O) groups excluding carboxylic acids is 1. The van der Waals surface area contributed by atoms with Gasteiger partial charge in [-0.15, -0.1) is 6.58 Å². The van der Waals surface area contributed by atoms with Crippen LogP contribution in [0.25, 0.3) is 5.57 Å². The molecule has 0 aliphatic carbocycles. The van der Waals surface area contributed by atoms with Crippen LogP contribution in [0.15, 0.2) is 35.7 Å². The number of nitrogens with zero attached hydrogens (tertiary/aromatic N) is 3. The van der Waals surface area contributed by atoms with Crippen molar-refractivity contribution in [1.82, 2.24) is 14.9 Å². The highest BCUT2D eigenvalue weighted by Crippen LogP contribution is 2.29.